The number of allylic oxidation sites excluding steroid dienone is 1. The minimum absolute atomic E-state index is 0.000390. The molecule has 0 aliphatic carbocycles. The highest BCUT2D eigenvalue weighted by molar-refractivity contribution is 5.95. The van der Waals surface area contributed by atoms with Gasteiger partial charge < -0.3 is 5.32 Å². The molecule has 16 heteroatoms. The lowest BCUT2D eigenvalue weighted by molar-refractivity contribution is -0.119. The molecule has 2 bridgehead atoms. The molecule has 3 aromatic heterocycles. The molecule has 2 atom stereocenters. The van der Waals surface area contributed by atoms with Crippen molar-refractivity contribution in [2.24, 2.45) is 5.92 Å². The standard InChI is InChI=1S/C31H30F5N9O2/c1-3-18-7-8-24(44-15-26(41-42-44)31(34,35)36)20(11-18)21-13-27(46)43(16-38-21)25-6-4-5-17(2)29(47)40-23-14-39-45(30(32)33)28(23)19-9-10-37-22(25)12-19/h7-17,25,30,41-42H,3-6H2,1-2H3,(H,40,47)/t17-,25+/m1/s1. The summed E-state index contributed by atoms with van der Waals surface area (Å²) in [6, 6.07) is 8.92. The van der Waals surface area contributed by atoms with Crippen LogP contribution in [0.25, 0.3) is 22.5 Å². The molecule has 2 aliphatic rings. The maximum Gasteiger partial charge on any atom is 0.433 e. The number of hydrogen-bond donors (Lipinski definition) is 3. The van der Waals surface area contributed by atoms with Gasteiger partial charge in [-0.05, 0) is 49.1 Å². The molecule has 0 fully saturated rings. The molecule has 246 valence electrons. The van der Waals surface area contributed by atoms with Gasteiger partial charge in [0.1, 0.15) is 0 Å². The summed E-state index contributed by atoms with van der Waals surface area (Å²) in [5.74, 6) is -0.814. The second kappa shape index (κ2) is 12.6. The second-order valence-electron chi connectivity index (χ2n) is 11.3. The van der Waals surface area contributed by atoms with Crippen molar-refractivity contribution in [3.63, 3.8) is 0 Å². The number of nitrogens with zero attached hydrogens (tertiary/aromatic N) is 6. The molecule has 6 rings (SSSR count). The zero-order valence-corrected chi connectivity index (χ0v) is 25.2. The van der Waals surface area contributed by atoms with Crippen LogP contribution in [0.1, 0.15) is 57.0 Å². The number of carbonyl (C=O) groups is 1. The predicted octanol–water partition coefficient (Wildman–Crippen LogP) is 5.71. The lowest BCUT2D eigenvalue weighted by Crippen LogP contribution is -2.38. The van der Waals surface area contributed by atoms with Crippen molar-refractivity contribution < 1.29 is 26.7 Å². The number of aromatic nitrogens is 5. The molecule has 0 spiro atoms. The van der Waals surface area contributed by atoms with Crippen LogP contribution in [0.3, 0.4) is 0 Å². The second-order valence-corrected chi connectivity index (χ2v) is 11.3. The van der Waals surface area contributed by atoms with E-state index in [1.807, 2.05) is 6.92 Å². The van der Waals surface area contributed by atoms with Crippen LogP contribution in [0.4, 0.5) is 33.3 Å². The number of rotatable bonds is 5. The predicted molar refractivity (Wildman–Crippen MR) is 163 cm³/mol. The molecule has 3 N–H and O–H groups in total. The summed E-state index contributed by atoms with van der Waals surface area (Å²) >= 11 is 0. The van der Waals surface area contributed by atoms with E-state index in [1.54, 1.807) is 31.2 Å². The Labute approximate surface area is 265 Å². The van der Waals surface area contributed by atoms with Gasteiger partial charge in [0.15, 0.2) is 5.70 Å². The quantitative estimate of drug-likeness (QED) is 0.234. The number of aryl methyl sites for hydroxylation is 1. The van der Waals surface area contributed by atoms with E-state index in [1.165, 1.54) is 40.4 Å². The maximum absolute atomic E-state index is 14.0. The van der Waals surface area contributed by atoms with Gasteiger partial charge in [0.05, 0.1) is 53.2 Å². The van der Waals surface area contributed by atoms with E-state index in [4.69, 9.17) is 0 Å². The van der Waals surface area contributed by atoms with Crippen molar-refractivity contribution in [1.29, 1.82) is 0 Å². The van der Waals surface area contributed by atoms with Crippen LogP contribution in [-0.4, -0.2) is 36.4 Å². The van der Waals surface area contributed by atoms with Gasteiger partial charge in [0, 0.05) is 29.3 Å². The third kappa shape index (κ3) is 6.32. The van der Waals surface area contributed by atoms with Crippen molar-refractivity contribution in [2.75, 3.05) is 10.3 Å². The number of carbonyl (C=O) groups excluding carboxylic acids is 1. The molecular formula is C31H30F5N9O2. The first-order chi connectivity index (χ1) is 22.4. The van der Waals surface area contributed by atoms with Crippen LogP contribution in [0.5, 0.6) is 0 Å². The van der Waals surface area contributed by atoms with Gasteiger partial charge in [-0.2, -0.15) is 27.1 Å². The van der Waals surface area contributed by atoms with Crippen molar-refractivity contribution in [3.05, 3.63) is 88.6 Å². The summed E-state index contributed by atoms with van der Waals surface area (Å²) in [4.78, 5) is 35.8. The summed E-state index contributed by atoms with van der Waals surface area (Å²) < 4.78 is 69.8. The zero-order chi connectivity index (χ0) is 33.5. The van der Waals surface area contributed by atoms with Crippen LogP contribution >= 0.6 is 0 Å². The van der Waals surface area contributed by atoms with Gasteiger partial charge in [-0.1, -0.05) is 26.3 Å². The van der Waals surface area contributed by atoms with Crippen LogP contribution in [0.15, 0.2) is 71.8 Å². The molecule has 2 aliphatic heterocycles. The number of alkyl halides is 5. The Hall–Kier alpha value is -5.12. The molecule has 0 saturated heterocycles. The third-order valence-electron chi connectivity index (χ3n) is 8.25. The van der Waals surface area contributed by atoms with Crippen LogP contribution < -0.4 is 26.8 Å². The molecule has 5 heterocycles. The average molecular weight is 656 g/mol. The highest BCUT2D eigenvalue weighted by atomic mass is 19.4. The highest BCUT2D eigenvalue weighted by Gasteiger charge is 2.38. The van der Waals surface area contributed by atoms with E-state index in [9.17, 15) is 31.5 Å². The van der Waals surface area contributed by atoms with E-state index < -0.39 is 35.9 Å². The number of pyridine rings is 1. The van der Waals surface area contributed by atoms with Gasteiger partial charge in [-0.25, -0.2) is 9.67 Å². The number of fused-ring (bicyclic) bond motifs is 4. The van der Waals surface area contributed by atoms with Crippen molar-refractivity contribution in [3.8, 4) is 22.5 Å². The average Bonchev–Trinajstić information content (AvgIpc) is 3.71. The SMILES string of the molecule is CCc1ccc(N2C=C(C(F)(F)F)NN2)c(-c2cc(=O)n([C@H]3CCC[C@@H](C)C(=O)Nc4cnn(C(F)F)c4-c4ccnc3c4)cn2)c1. The summed E-state index contributed by atoms with van der Waals surface area (Å²) in [6.07, 6.45) is 2.21. The third-order valence-corrected chi connectivity index (χ3v) is 8.25. The van der Waals surface area contributed by atoms with Crippen LogP contribution in [0.2, 0.25) is 0 Å². The Morgan fingerprint density at radius 1 is 1.06 bits per heavy atom. The Balaban J connectivity index is 1.42. The summed E-state index contributed by atoms with van der Waals surface area (Å²) in [5, 5.41) is 7.68. The fourth-order valence-electron chi connectivity index (χ4n) is 5.70. The first-order valence-corrected chi connectivity index (χ1v) is 14.9. The first kappa shape index (κ1) is 31.8. The lowest BCUT2D eigenvalue weighted by Gasteiger charge is -2.23. The van der Waals surface area contributed by atoms with Crippen LogP contribution in [0, 0.1) is 5.92 Å². The molecule has 1 amide bonds. The molecule has 1 aromatic carbocycles. The minimum Gasteiger partial charge on any atom is -0.323 e. The zero-order valence-electron chi connectivity index (χ0n) is 25.2. The van der Waals surface area contributed by atoms with Crippen molar-refractivity contribution >= 4 is 17.3 Å². The molecule has 0 saturated carbocycles. The Bertz CT molecular complexity index is 1900. The molecule has 4 aromatic rings. The van der Waals surface area contributed by atoms with Crippen molar-refractivity contribution in [2.45, 2.75) is 58.3 Å². The fraction of sp³-hybridized carbons (Fsp3) is 0.323. The topological polar surface area (TPSA) is 122 Å². The van der Waals surface area contributed by atoms with Gasteiger partial charge in [0.2, 0.25) is 5.91 Å². The summed E-state index contributed by atoms with van der Waals surface area (Å²) in [6.45, 7) is 0.673. The smallest absolute Gasteiger partial charge is 0.323 e. The Morgan fingerprint density at radius 2 is 1.87 bits per heavy atom. The lowest BCUT2D eigenvalue weighted by atomic mass is 9.97. The van der Waals surface area contributed by atoms with E-state index in [0.717, 1.165) is 11.8 Å². The fourth-order valence-corrected chi connectivity index (χ4v) is 5.70. The summed E-state index contributed by atoms with van der Waals surface area (Å²) in [7, 11) is 0. The van der Waals surface area contributed by atoms with Gasteiger partial charge >= 0.3 is 12.7 Å². The number of hydrazine groups is 2. The monoisotopic (exact) mass is 655 g/mol. The van der Waals surface area contributed by atoms with Gasteiger partial charge in [0.25, 0.3) is 5.56 Å². The molecule has 11 nitrogen and oxygen atoms in total. The normalized spacial score (nSPS) is 18.6. The number of benzene rings is 1. The summed E-state index contributed by atoms with van der Waals surface area (Å²) in [5.41, 5.74) is 5.88. The van der Waals surface area contributed by atoms with E-state index in [2.05, 4.69) is 31.3 Å². The molecule has 47 heavy (non-hydrogen) atoms. The Kier molecular flexibility index (Phi) is 8.53. The number of nitrogens with one attached hydrogen (secondary N) is 3. The number of amides is 1. The van der Waals surface area contributed by atoms with Crippen molar-refractivity contribution in [1.82, 2.24) is 35.3 Å². The number of anilines is 2. The number of hydrogen-bond acceptors (Lipinski definition) is 8. The van der Waals surface area contributed by atoms with Gasteiger partial charge in [-0.15, -0.1) is 5.53 Å². The molecular weight excluding hydrogens is 625 g/mol. The Morgan fingerprint density at radius 3 is 2.57 bits per heavy atom. The van der Waals surface area contributed by atoms with Gasteiger partial charge in [-0.3, -0.25) is 29.6 Å². The van der Waals surface area contributed by atoms with E-state index in [-0.39, 0.29) is 23.0 Å². The maximum atomic E-state index is 14.0. The molecule has 0 radical (unpaired) electrons. The van der Waals surface area contributed by atoms with E-state index in [0.29, 0.717) is 52.9 Å². The largest absolute Gasteiger partial charge is 0.433 e. The first-order valence-electron chi connectivity index (χ1n) is 14.9. The highest BCUT2D eigenvalue weighted by Crippen LogP contribution is 2.36. The van der Waals surface area contributed by atoms with Crippen LogP contribution in [-0.2, 0) is 11.2 Å². The minimum atomic E-state index is -4.61. The number of halogens is 5. The van der Waals surface area contributed by atoms with E-state index >= 15 is 0 Å². The molecule has 0 unspecified atom stereocenters.